The number of amides is 3. The molecule has 34 heavy (non-hydrogen) atoms. The Hall–Kier alpha value is -2.57. The summed E-state index contributed by atoms with van der Waals surface area (Å²) in [6.45, 7) is 3.06. The molecule has 5 rings (SSSR count). The second kappa shape index (κ2) is 9.59. The first-order valence-electron chi connectivity index (χ1n) is 12.2. The summed E-state index contributed by atoms with van der Waals surface area (Å²) >= 11 is 6.50. The van der Waals surface area contributed by atoms with E-state index in [2.05, 4.69) is 16.3 Å². The topological polar surface area (TPSA) is 61.9 Å². The van der Waals surface area contributed by atoms with Crippen LogP contribution in [0.1, 0.15) is 36.8 Å². The lowest BCUT2D eigenvalue weighted by Gasteiger charge is -2.41. The molecule has 0 aromatic heterocycles. The molecule has 2 saturated heterocycles. The van der Waals surface area contributed by atoms with E-state index in [1.54, 1.807) is 7.11 Å². The van der Waals surface area contributed by atoms with Crippen molar-refractivity contribution in [3.8, 4) is 5.75 Å². The molecule has 0 radical (unpaired) electrons. The third kappa shape index (κ3) is 4.53. The number of rotatable bonds is 8. The number of methoxy groups -OCH3 is 1. The number of likely N-dealkylation sites (tertiary alicyclic amines) is 1. The van der Waals surface area contributed by atoms with E-state index >= 15 is 0 Å². The average molecular weight is 482 g/mol. The van der Waals surface area contributed by atoms with Gasteiger partial charge < -0.3 is 10.1 Å². The Kier molecular flexibility index (Phi) is 6.54. The van der Waals surface area contributed by atoms with E-state index in [1.807, 2.05) is 42.5 Å². The van der Waals surface area contributed by atoms with Crippen molar-refractivity contribution in [3.05, 3.63) is 64.7 Å². The number of nitrogens with zero attached hydrogens (tertiary/aromatic N) is 2. The third-order valence-corrected chi connectivity index (χ3v) is 8.01. The first-order chi connectivity index (χ1) is 16.5. The summed E-state index contributed by atoms with van der Waals surface area (Å²) in [6, 6.07) is 15.5. The quantitative estimate of drug-likeness (QED) is 0.564. The molecule has 1 N–H and O–H groups in total. The Labute approximate surface area is 206 Å². The van der Waals surface area contributed by atoms with Gasteiger partial charge in [0.2, 0.25) is 0 Å². The zero-order chi connectivity index (χ0) is 23.7. The molecule has 0 unspecified atom stereocenters. The molecule has 2 aromatic rings. The number of carbonyl (C=O) groups is 2. The summed E-state index contributed by atoms with van der Waals surface area (Å²) in [5, 5.41) is 3.81. The zero-order valence-corrected chi connectivity index (χ0v) is 20.4. The minimum Gasteiger partial charge on any atom is -0.496 e. The maximum absolute atomic E-state index is 13.8. The fourth-order valence-electron chi connectivity index (χ4n) is 5.51. The van der Waals surface area contributed by atoms with Crippen molar-refractivity contribution in [2.45, 2.75) is 44.2 Å². The van der Waals surface area contributed by atoms with Crippen LogP contribution in [0.3, 0.4) is 0 Å². The van der Waals surface area contributed by atoms with E-state index in [-0.39, 0.29) is 17.9 Å². The normalized spacial score (nSPS) is 23.9. The molecular weight excluding hydrogens is 450 g/mol. The van der Waals surface area contributed by atoms with Crippen molar-refractivity contribution >= 4 is 23.5 Å². The van der Waals surface area contributed by atoms with Gasteiger partial charge in [-0.1, -0.05) is 48.0 Å². The van der Waals surface area contributed by atoms with Crippen LogP contribution in [0, 0.1) is 11.8 Å². The molecule has 2 heterocycles. The Morgan fingerprint density at radius 2 is 1.68 bits per heavy atom. The van der Waals surface area contributed by atoms with Gasteiger partial charge in [0.15, 0.2) is 0 Å². The molecule has 3 aliphatic rings. The predicted molar refractivity (Wildman–Crippen MR) is 132 cm³/mol. The van der Waals surface area contributed by atoms with Crippen molar-refractivity contribution in [1.29, 1.82) is 0 Å². The molecular formula is C27H32ClN3O3. The lowest BCUT2D eigenvalue weighted by atomic mass is 9.73. The standard InChI is InChI=1S/C27H32ClN3O3/c1-34-24-9-5-3-7-21(24)18-30-14-12-22(13-15-30)27(16-20-6-2-4-8-23(20)28)25(32)31(26(33)29-27)17-19-10-11-19/h2-9,19,22H,10-18H2,1H3,(H,29,33)/t27-/m1/s1. The first-order valence-corrected chi connectivity index (χ1v) is 12.6. The first kappa shape index (κ1) is 23.2. The summed E-state index contributed by atoms with van der Waals surface area (Å²) < 4.78 is 5.52. The van der Waals surface area contributed by atoms with Crippen LogP contribution in [0.5, 0.6) is 5.75 Å². The summed E-state index contributed by atoms with van der Waals surface area (Å²) in [4.78, 5) is 30.7. The lowest BCUT2D eigenvalue weighted by molar-refractivity contribution is -0.134. The Morgan fingerprint density at radius 3 is 2.35 bits per heavy atom. The van der Waals surface area contributed by atoms with Crippen LogP contribution in [0.2, 0.25) is 5.02 Å². The summed E-state index contributed by atoms with van der Waals surface area (Å²) in [5.41, 5.74) is 1.13. The van der Waals surface area contributed by atoms with Gasteiger partial charge in [0.05, 0.1) is 7.11 Å². The SMILES string of the molecule is COc1ccccc1CN1CCC([C@@]2(Cc3ccccc3Cl)NC(=O)N(CC3CC3)C2=O)CC1. The van der Waals surface area contributed by atoms with Gasteiger partial charge in [0.1, 0.15) is 11.3 Å². The monoisotopic (exact) mass is 481 g/mol. The predicted octanol–water partition coefficient (Wildman–Crippen LogP) is 4.50. The molecule has 2 aliphatic heterocycles. The molecule has 6 nitrogen and oxygen atoms in total. The number of imide groups is 1. The number of halogens is 1. The Morgan fingerprint density at radius 1 is 1.00 bits per heavy atom. The number of benzene rings is 2. The number of hydrogen-bond donors (Lipinski definition) is 1. The van der Waals surface area contributed by atoms with Crippen molar-refractivity contribution in [2.75, 3.05) is 26.7 Å². The van der Waals surface area contributed by atoms with Gasteiger partial charge in [0.25, 0.3) is 5.91 Å². The highest BCUT2D eigenvalue weighted by molar-refractivity contribution is 6.31. The molecule has 180 valence electrons. The van der Waals surface area contributed by atoms with Crippen LogP contribution in [-0.2, 0) is 17.8 Å². The van der Waals surface area contributed by atoms with Gasteiger partial charge >= 0.3 is 6.03 Å². The number of piperidine rings is 1. The van der Waals surface area contributed by atoms with Crippen molar-refractivity contribution < 1.29 is 14.3 Å². The lowest BCUT2D eigenvalue weighted by Crippen LogP contribution is -2.57. The summed E-state index contributed by atoms with van der Waals surface area (Å²) in [5.74, 6) is 1.33. The molecule has 3 fully saturated rings. The van der Waals surface area contributed by atoms with E-state index in [0.29, 0.717) is 23.9 Å². The molecule has 0 bridgehead atoms. The van der Waals surface area contributed by atoms with Crippen LogP contribution in [0.25, 0.3) is 0 Å². The summed E-state index contributed by atoms with van der Waals surface area (Å²) in [7, 11) is 1.70. The minimum absolute atomic E-state index is 0.0540. The van der Waals surface area contributed by atoms with Crippen LogP contribution < -0.4 is 10.1 Å². The average Bonchev–Trinajstić information content (AvgIpc) is 3.64. The minimum atomic E-state index is -0.937. The number of urea groups is 1. The van der Waals surface area contributed by atoms with Gasteiger partial charge in [-0.15, -0.1) is 0 Å². The van der Waals surface area contributed by atoms with Crippen molar-refractivity contribution in [3.63, 3.8) is 0 Å². The second-order valence-electron chi connectivity index (χ2n) is 9.89. The van der Waals surface area contributed by atoms with Gasteiger partial charge in [-0.2, -0.15) is 0 Å². The zero-order valence-electron chi connectivity index (χ0n) is 19.6. The van der Waals surface area contributed by atoms with Crippen molar-refractivity contribution in [1.82, 2.24) is 15.1 Å². The molecule has 3 amide bonds. The second-order valence-corrected chi connectivity index (χ2v) is 10.3. The Balaban J connectivity index is 1.35. The Bertz CT molecular complexity index is 1060. The maximum atomic E-state index is 13.8. The third-order valence-electron chi connectivity index (χ3n) is 7.64. The highest BCUT2D eigenvalue weighted by atomic mass is 35.5. The highest BCUT2D eigenvalue weighted by Gasteiger charge is 2.56. The smallest absolute Gasteiger partial charge is 0.325 e. The van der Waals surface area contributed by atoms with Gasteiger partial charge in [-0.25, -0.2) is 4.79 Å². The van der Waals surface area contributed by atoms with Crippen LogP contribution in [-0.4, -0.2) is 54.0 Å². The van der Waals surface area contributed by atoms with Gasteiger partial charge in [-0.3, -0.25) is 14.6 Å². The molecule has 1 saturated carbocycles. The number of ether oxygens (including phenoxy) is 1. The van der Waals surface area contributed by atoms with E-state index < -0.39 is 5.54 Å². The van der Waals surface area contributed by atoms with E-state index in [9.17, 15) is 9.59 Å². The molecule has 2 aromatic carbocycles. The van der Waals surface area contributed by atoms with Gasteiger partial charge in [0, 0.05) is 30.1 Å². The molecule has 1 atom stereocenters. The van der Waals surface area contributed by atoms with E-state index in [4.69, 9.17) is 16.3 Å². The molecule has 0 spiro atoms. The maximum Gasteiger partial charge on any atom is 0.325 e. The number of hydrogen-bond acceptors (Lipinski definition) is 4. The molecule has 7 heteroatoms. The largest absolute Gasteiger partial charge is 0.496 e. The summed E-state index contributed by atoms with van der Waals surface area (Å²) in [6.07, 6.45) is 4.28. The fraction of sp³-hybridized carbons (Fsp3) is 0.481. The van der Waals surface area contributed by atoms with Crippen LogP contribution in [0.15, 0.2) is 48.5 Å². The number of carbonyl (C=O) groups excluding carboxylic acids is 2. The van der Waals surface area contributed by atoms with Crippen molar-refractivity contribution in [2.24, 2.45) is 11.8 Å². The van der Waals surface area contributed by atoms with Gasteiger partial charge in [-0.05, 0) is 68.3 Å². The van der Waals surface area contributed by atoms with Crippen LogP contribution in [0.4, 0.5) is 4.79 Å². The van der Waals surface area contributed by atoms with E-state index in [1.165, 1.54) is 4.90 Å². The molecule has 1 aliphatic carbocycles. The highest BCUT2D eigenvalue weighted by Crippen LogP contribution is 2.40. The van der Waals surface area contributed by atoms with E-state index in [0.717, 1.165) is 62.2 Å². The van der Waals surface area contributed by atoms with Crippen LogP contribution >= 0.6 is 11.6 Å². The number of nitrogens with one attached hydrogen (secondary N) is 1. The number of para-hydroxylation sites is 1. The fourth-order valence-corrected chi connectivity index (χ4v) is 5.71.